The van der Waals surface area contributed by atoms with Crippen molar-refractivity contribution in [2.45, 2.75) is 33.2 Å². The molecule has 0 saturated heterocycles. The van der Waals surface area contributed by atoms with E-state index in [1.807, 2.05) is 25.1 Å². The molecule has 0 aliphatic carbocycles. The van der Waals surface area contributed by atoms with Crippen LogP contribution >= 0.6 is 0 Å². The predicted octanol–water partition coefficient (Wildman–Crippen LogP) is 1.48. The third kappa shape index (κ3) is 7.90. The lowest BCUT2D eigenvalue weighted by atomic mass is 9.90. The average Bonchev–Trinajstić information content (AvgIpc) is 2.64. The summed E-state index contributed by atoms with van der Waals surface area (Å²) < 4.78 is 30.6. The van der Waals surface area contributed by atoms with Gasteiger partial charge in [-0.3, -0.25) is 9.59 Å². The molecule has 9 heteroatoms. The normalized spacial score (nSPS) is 13.7. The highest BCUT2D eigenvalue weighted by Gasteiger charge is 2.30. The molecule has 1 unspecified atom stereocenters. The number of amides is 1. The van der Waals surface area contributed by atoms with Crippen LogP contribution in [0.3, 0.4) is 0 Å². The van der Waals surface area contributed by atoms with Crippen molar-refractivity contribution in [3.05, 3.63) is 40.8 Å². The highest BCUT2D eigenvalue weighted by Crippen LogP contribution is 2.14. The number of aryl methyl sites for hydroxylation is 1. The van der Waals surface area contributed by atoms with Crippen LogP contribution in [0.25, 0.3) is 6.08 Å². The van der Waals surface area contributed by atoms with E-state index in [1.54, 1.807) is 32.9 Å². The van der Waals surface area contributed by atoms with Crippen molar-refractivity contribution in [3.8, 4) is 6.07 Å². The van der Waals surface area contributed by atoms with E-state index < -0.39 is 40.6 Å². The lowest BCUT2D eigenvalue weighted by Gasteiger charge is -2.27. The smallest absolute Gasteiger partial charge is 0.321 e. The number of hydrogen-bond donors (Lipinski definition) is 2. The second-order valence-electron chi connectivity index (χ2n) is 6.76. The van der Waals surface area contributed by atoms with Crippen LogP contribution in [0.1, 0.15) is 31.9 Å². The molecule has 1 rings (SSSR count). The quantitative estimate of drug-likeness (QED) is 0.597. The van der Waals surface area contributed by atoms with Crippen LogP contribution in [0.5, 0.6) is 0 Å². The first-order valence-corrected chi connectivity index (χ1v) is 10.1. The Bertz CT molecular complexity index is 870. The first-order chi connectivity index (χ1) is 13.0. The standard InChI is InChI=1S/C19H25N3O5S/c1-14(2)19(4,13-20)22-17(23)12-27-18(24)11-21-28(25,26)10-9-16-7-5-15(3)6-8-16/h5-10,14,21H,11-12H2,1-4H3,(H,22,23). The van der Waals surface area contributed by atoms with Gasteiger partial charge in [-0.25, -0.2) is 13.1 Å². The summed E-state index contributed by atoms with van der Waals surface area (Å²) in [6, 6.07) is 9.22. The number of nitrogens with one attached hydrogen (secondary N) is 2. The second-order valence-corrected chi connectivity index (χ2v) is 8.41. The Balaban J connectivity index is 2.48. The number of carbonyl (C=O) groups is 2. The predicted molar refractivity (Wildman–Crippen MR) is 105 cm³/mol. The highest BCUT2D eigenvalue weighted by molar-refractivity contribution is 7.92. The van der Waals surface area contributed by atoms with E-state index in [-0.39, 0.29) is 5.92 Å². The van der Waals surface area contributed by atoms with Gasteiger partial charge in [-0.2, -0.15) is 5.26 Å². The summed E-state index contributed by atoms with van der Waals surface area (Å²) in [5.41, 5.74) is 0.653. The zero-order valence-corrected chi connectivity index (χ0v) is 17.2. The van der Waals surface area contributed by atoms with Crippen LogP contribution in [-0.4, -0.2) is 39.0 Å². The van der Waals surface area contributed by atoms with E-state index >= 15 is 0 Å². The number of ether oxygens (including phenoxy) is 1. The summed E-state index contributed by atoms with van der Waals surface area (Å²) in [5.74, 6) is -1.71. The Morgan fingerprint density at radius 3 is 2.43 bits per heavy atom. The molecule has 28 heavy (non-hydrogen) atoms. The minimum absolute atomic E-state index is 0.149. The number of rotatable bonds is 9. The fraction of sp³-hybridized carbons (Fsp3) is 0.421. The molecule has 0 spiro atoms. The van der Waals surface area contributed by atoms with E-state index in [1.165, 1.54) is 6.08 Å². The van der Waals surface area contributed by atoms with E-state index in [9.17, 15) is 18.0 Å². The summed E-state index contributed by atoms with van der Waals surface area (Å²) in [4.78, 5) is 23.5. The molecule has 1 atom stereocenters. The number of nitrogens with zero attached hydrogens (tertiary/aromatic N) is 1. The molecule has 1 aromatic rings. The second kappa shape index (κ2) is 10.0. The van der Waals surface area contributed by atoms with Gasteiger partial charge in [-0.1, -0.05) is 43.7 Å². The molecule has 2 N–H and O–H groups in total. The van der Waals surface area contributed by atoms with Crippen molar-refractivity contribution < 1.29 is 22.7 Å². The molecule has 0 heterocycles. The van der Waals surface area contributed by atoms with Crippen LogP contribution in [0, 0.1) is 24.2 Å². The van der Waals surface area contributed by atoms with Gasteiger partial charge < -0.3 is 10.1 Å². The number of hydrogen-bond acceptors (Lipinski definition) is 6. The monoisotopic (exact) mass is 407 g/mol. The highest BCUT2D eigenvalue weighted by atomic mass is 32.2. The Hall–Kier alpha value is -2.70. The number of nitriles is 1. The van der Waals surface area contributed by atoms with Gasteiger partial charge in [0.2, 0.25) is 10.0 Å². The number of sulfonamides is 1. The van der Waals surface area contributed by atoms with Gasteiger partial charge in [-0.15, -0.1) is 0 Å². The van der Waals surface area contributed by atoms with Crippen LogP contribution in [0.2, 0.25) is 0 Å². The number of esters is 1. The van der Waals surface area contributed by atoms with Gasteiger partial charge in [0.05, 0.1) is 6.07 Å². The zero-order chi connectivity index (χ0) is 21.4. The molecule has 0 saturated carbocycles. The SMILES string of the molecule is Cc1ccc(C=CS(=O)(=O)NCC(=O)OCC(=O)NC(C)(C#N)C(C)C)cc1. The molecule has 0 aliphatic heterocycles. The first-order valence-electron chi connectivity index (χ1n) is 8.60. The van der Waals surface area contributed by atoms with Gasteiger partial charge >= 0.3 is 5.97 Å². The molecule has 0 aliphatic rings. The van der Waals surface area contributed by atoms with Crippen LogP contribution in [0.15, 0.2) is 29.7 Å². The molecule has 1 amide bonds. The molecule has 1 aromatic carbocycles. The lowest BCUT2D eigenvalue weighted by molar-refractivity contribution is -0.147. The third-order valence-electron chi connectivity index (χ3n) is 4.08. The third-order valence-corrected chi connectivity index (χ3v) is 5.13. The number of carbonyl (C=O) groups excluding carboxylic acids is 2. The largest absolute Gasteiger partial charge is 0.455 e. The lowest BCUT2D eigenvalue weighted by Crippen LogP contribution is -2.50. The maximum atomic E-state index is 11.9. The van der Waals surface area contributed by atoms with Gasteiger partial charge in [0.15, 0.2) is 6.61 Å². The maximum Gasteiger partial charge on any atom is 0.321 e. The van der Waals surface area contributed by atoms with Crippen LogP contribution < -0.4 is 10.0 Å². The Morgan fingerprint density at radius 1 is 1.29 bits per heavy atom. The molecule has 0 radical (unpaired) electrons. The van der Waals surface area contributed by atoms with Gasteiger partial charge in [0.1, 0.15) is 12.1 Å². The Labute approximate surface area is 165 Å². The van der Waals surface area contributed by atoms with Crippen molar-refractivity contribution in [1.82, 2.24) is 10.0 Å². The van der Waals surface area contributed by atoms with E-state index in [4.69, 9.17) is 10.00 Å². The van der Waals surface area contributed by atoms with Crippen molar-refractivity contribution >= 4 is 28.0 Å². The molecular weight excluding hydrogens is 382 g/mol. The summed E-state index contributed by atoms with van der Waals surface area (Å²) in [7, 11) is -3.84. The minimum atomic E-state index is -3.84. The van der Waals surface area contributed by atoms with Crippen molar-refractivity contribution in [2.24, 2.45) is 5.92 Å². The Morgan fingerprint density at radius 2 is 1.89 bits per heavy atom. The minimum Gasteiger partial charge on any atom is -0.455 e. The van der Waals surface area contributed by atoms with E-state index in [2.05, 4.69) is 10.0 Å². The van der Waals surface area contributed by atoms with Gasteiger partial charge in [0, 0.05) is 5.41 Å². The average molecular weight is 407 g/mol. The maximum absolute atomic E-state index is 11.9. The Kier molecular flexibility index (Phi) is 8.35. The van der Waals surface area contributed by atoms with Gasteiger partial charge in [-0.05, 0) is 31.4 Å². The molecule has 0 aromatic heterocycles. The summed E-state index contributed by atoms with van der Waals surface area (Å²) in [6.45, 7) is 5.80. The molecule has 8 nitrogen and oxygen atoms in total. The van der Waals surface area contributed by atoms with Gasteiger partial charge in [0.25, 0.3) is 5.91 Å². The fourth-order valence-electron chi connectivity index (χ4n) is 1.88. The number of benzene rings is 1. The molecular formula is C19H25N3O5S. The summed E-state index contributed by atoms with van der Waals surface area (Å²) in [6.07, 6.45) is 1.40. The zero-order valence-electron chi connectivity index (χ0n) is 16.4. The first kappa shape index (κ1) is 23.3. The van der Waals surface area contributed by atoms with E-state index in [0.29, 0.717) is 5.56 Å². The molecule has 0 bridgehead atoms. The van der Waals surface area contributed by atoms with Crippen molar-refractivity contribution in [2.75, 3.05) is 13.2 Å². The van der Waals surface area contributed by atoms with Crippen molar-refractivity contribution in [1.29, 1.82) is 5.26 Å². The molecule has 0 fully saturated rings. The topological polar surface area (TPSA) is 125 Å². The van der Waals surface area contributed by atoms with Crippen LogP contribution in [-0.2, 0) is 24.3 Å². The summed E-state index contributed by atoms with van der Waals surface area (Å²) in [5, 5.41) is 12.6. The summed E-state index contributed by atoms with van der Waals surface area (Å²) >= 11 is 0. The fourth-order valence-corrected chi connectivity index (χ4v) is 2.63. The van der Waals surface area contributed by atoms with Crippen molar-refractivity contribution in [3.63, 3.8) is 0 Å². The van der Waals surface area contributed by atoms with E-state index in [0.717, 1.165) is 11.0 Å². The van der Waals surface area contributed by atoms with Crippen LogP contribution in [0.4, 0.5) is 0 Å². The molecule has 152 valence electrons.